The fraction of sp³-hybridized carbons (Fsp3) is 0.375. The van der Waals surface area contributed by atoms with Gasteiger partial charge in [0.2, 0.25) is 11.8 Å². The Balaban J connectivity index is 2.11. The topological polar surface area (TPSA) is 80.1 Å². The van der Waals surface area contributed by atoms with Crippen LogP contribution in [0.5, 0.6) is 0 Å². The maximum atomic E-state index is 12.1. The first-order valence-electron chi connectivity index (χ1n) is 7.50. The number of hydrogen-bond donors (Lipinski definition) is 1. The Morgan fingerprint density at radius 2 is 2.17 bits per heavy atom. The van der Waals surface area contributed by atoms with Crippen molar-refractivity contribution in [3.63, 3.8) is 0 Å². The molecule has 7 nitrogen and oxygen atoms in total. The summed E-state index contributed by atoms with van der Waals surface area (Å²) in [6.07, 6.45) is 4.51. The van der Waals surface area contributed by atoms with Crippen molar-refractivity contribution in [2.75, 3.05) is 18.4 Å². The Morgan fingerprint density at radius 1 is 1.43 bits per heavy atom. The third-order valence-corrected chi connectivity index (χ3v) is 3.41. The molecule has 2 heterocycles. The molecule has 7 heteroatoms. The van der Waals surface area contributed by atoms with E-state index in [1.54, 1.807) is 12.4 Å². The standard InChI is InChI=1S/C16H21N5O2/c1-5-15(23)20(6-2)10-14(22)19-13-7-12-8-18-21(11(3)4)16(12)17-9-13/h5,7-9,11H,1,6,10H2,2-4H3,(H,19,22). The minimum absolute atomic E-state index is 0.0232. The molecule has 0 aliphatic rings. The minimum Gasteiger partial charge on any atom is -0.330 e. The number of nitrogens with zero attached hydrogens (tertiary/aromatic N) is 4. The lowest BCUT2D eigenvalue weighted by Gasteiger charge is -2.18. The summed E-state index contributed by atoms with van der Waals surface area (Å²) in [5, 5.41) is 7.89. The predicted octanol–water partition coefficient (Wildman–Crippen LogP) is 1.99. The fourth-order valence-corrected chi connectivity index (χ4v) is 2.23. The average molecular weight is 315 g/mol. The number of aromatic nitrogens is 3. The molecule has 0 saturated carbocycles. The van der Waals surface area contributed by atoms with E-state index >= 15 is 0 Å². The van der Waals surface area contributed by atoms with Gasteiger partial charge in [-0.1, -0.05) is 6.58 Å². The molecule has 23 heavy (non-hydrogen) atoms. The zero-order valence-corrected chi connectivity index (χ0v) is 13.6. The summed E-state index contributed by atoms with van der Waals surface area (Å²) in [7, 11) is 0. The van der Waals surface area contributed by atoms with Crippen LogP contribution in [0.2, 0.25) is 0 Å². The summed E-state index contributed by atoms with van der Waals surface area (Å²) in [4.78, 5) is 29.4. The number of fused-ring (bicyclic) bond motifs is 1. The first kappa shape index (κ1) is 16.7. The van der Waals surface area contributed by atoms with Crippen LogP contribution in [0, 0.1) is 0 Å². The number of hydrogen-bond acceptors (Lipinski definition) is 4. The molecule has 2 amide bonds. The van der Waals surface area contributed by atoms with E-state index in [-0.39, 0.29) is 24.4 Å². The highest BCUT2D eigenvalue weighted by atomic mass is 16.2. The Hall–Kier alpha value is -2.70. The van der Waals surface area contributed by atoms with Gasteiger partial charge in [0.1, 0.15) is 6.54 Å². The first-order valence-corrected chi connectivity index (χ1v) is 7.50. The summed E-state index contributed by atoms with van der Waals surface area (Å²) in [6.45, 7) is 9.71. The normalized spacial score (nSPS) is 10.8. The highest BCUT2D eigenvalue weighted by Gasteiger charge is 2.14. The molecule has 2 aromatic rings. The molecule has 1 N–H and O–H groups in total. The molecular formula is C16H21N5O2. The van der Waals surface area contributed by atoms with Gasteiger partial charge in [0.05, 0.1) is 18.1 Å². The summed E-state index contributed by atoms with van der Waals surface area (Å²) in [6, 6.07) is 2.03. The van der Waals surface area contributed by atoms with Crippen molar-refractivity contribution in [2.45, 2.75) is 26.8 Å². The second-order valence-corrected chi connectivity index (χ2v) is 5.42. The lowest BCUT2D eigenvalue weighted by atomic mass is 10.3. The van der Waals surface area contributed by atoms with Gasteiger partial charge in [-0.25, -0.2) is 9.67 Å². The van der Waals surface area contributed by atoms with Gasteiger partial charge in [0.15, 0.2) is 5.65 Å². The number of rotatable bonds is 6. The minimum atomic E-state index is -0.278. The van der Waals surface area contributed by atoms with Crippen LogP contribution in [-0.4, -0.2) is 44.6 Å². The van der Waals surface area contributed by atoms with Gasteiger partial charge >= 0.3 is 0 Å². The zero-order chi connectivity index (χ0) is 17.0. The van der Waals surface area contributed by atoms with E-state index in [9.17, 15) is 9.59 Å². The SMILES string of the molecule is C=CC(=O)N(CC)CC(=O)Nc1cnc2c(cnn2C(C)C)c1. The van der Waals surface area contributed by atoms with Gasteiger partial charge in [-0.15, -0.1) is 0 Å². The number of nitrogens with one attached hydrogen (secondary N) is 1. The zero-order valence-electron chi connectivity index (χ0n) is 13.6. The number of likely N-dealkylation sites (N-methyl/N-ethyl adjacent to an activating group) is 1. The van der Waals surface area contributed by atoms with Crippen molar-refractivity contribution in [3.05, 3.63) is 31.1 Å². The quantitative estimate of drug-likeness (QED) is 0.827. The van der Waals surface area contributed by atoms with Crippen molar-refractivity contribution < 1.29 is 9.59 Å². The predicted molar refractivity (Wildman–Crippen MR) is 89.0 cm³/mol. The third kappa shape index (κ3) is 3.74. The van der Waals surface area contributed by atoms with Crippen LogP contribution < -0.4 is 5.32 Å². The molecule has 0 saturated heterocycles. The van der Waals surface area contributed by atoms with Crippen molar-refractivity contribution in [1.29, 1.82) is 0 Å². The molecule has 0 atom stereocenters. The molecule has 0 fully saturated rings. The van der Waals surface area contributed by atoms with Gasteiger partial charge in [-0.05, 0) is 32.9 Å². The van der Waals surface area contributed by atoms with Crippen LogP contribution in [-0.2, 0) is 9.59 Å². The second-order valence-electron chi connectivity index (χ2n) is 5.42. The van der Waals surface area contributed by atoms with Gasteiger partial charge in [-0.2, -0.15) is 5.10 Å². The Kier molecular flexibility index (Phi) is 5.10. The van der Waals surface area contributed by atoms with E-state index in [0.29, 0.717) is 12.2 Å². The van der Waals surface area contributed by atoms with Gasteiger partial charge in [0, 0.05) is 18.0 Å². The lowest BCUT2D eigenvalue weighted by molar-refractivity contribution is -0.130. The maximum absolute atomic E-state index is 12.1. The molecule has 0 bridgehead atoms. The van der Waals surface area contributed by atoms with Crippen molar-refractivity contribution in [2.24, 2.45) is 0 Å². The van der Waals surface area contributed by atoms with Crippen LogP contribution in [0.4, 0.5) is 5.69 Å². The summed E-state index contributed by atoms with van der Waals surface area (Å²) < 4.78 is 1.82. The summed E-state index contributed by atoms with van der Waals surface area (Å²) >= 11 is 0. The van der Waals surface area contributed by atoms with E-state index in [2.05, 4.69) is 22.0 Å². The molecule has 0 radical (unpaired) electrons. The van der Waals surface area contributed by atoms with Crippen LogP contribution in [0.3, 0.4) is 0 Å². The number of carbonyl (C=O) groups is 2. The van der Waals surface area contributed by atoms with Crippen LogP contribution in [0.15, 0.2) is 31.1 Å². The van der Waals surface area contributed by atoms with Crippen LogP contribution in [0.25, 0.3) is 11.0 Å². The molecule has 0 aliphatic carbocycles. The smallest absolute Gasteiger partial charge is 0.246 e. The Morgan fingerprint density at radius 3 is 2.78 bits per heavy atom. The number of carbonyl (C=O) groups excluding carboxylic acids is 2. The van der Waals surface area contributed by atoms with E-state index in [0.717, 1.165) is 11.0 Å². The Labute approximate surface area is 135 Å². The van der Waals surface area contributed by atoms with Crippen molar-refractivity contribution >= 4 is 28.5 Å². The molecule has 2 aromatic heterocycles. The summed E-state index contributed by atoms with van der Waals surface area (Å²) in [5.41, 5.74) is 1.35. The molecule has 2 rings (SSSR count). The van der Waals surface area contributed by atoms with Gasteiger partial charge in [-0.3, -0.25) is 9.59 Å². The molecule has 122 valence electrons. The number of amides is 2. The molecule has 0 aromatic carbocycles. The monoisotopic (exact) mass is 315 g/mol. The number of pyridine rings is 1. The second kappa shape index (κ2) is 7.04. The van der Waals surface area contributed by atoms with E-state index in [1.165, 1.54) is 11.0 Å². The Bertz CT molecular complexity index is 735. The lowest BCUT2D eigenvalue weighted by Crippen LogP contribution is -2.36. The van der Waals surface area contributed by atoms with Crippen molar-refractivity contribution in [3.8, 4) is 0 Å². The van der Waals surface area contributed by atoms with Crippen LogP contribution in [0.1, 0.15) is 26.8 Å². The highest BCUT2D eigenvalue weighted by Crippen LogP contribution is 2.18. The van der Waals surface area contributed by atoms with Crippen LogP contribution >= 0.6 is 0 Å². The number of anilines is 1. The largest absolute Gasteiger partial charge is 0.330 e. The van der Waals surface area contributed by atoms with Gasteiger partial charge < -0.3 is 10.2 Å². The maximum Gasteiger partial charge on any atom is 0.246 e. The van der Waals surface area contributed by atoms with Crippen molar-refractivity contribution in [1.82, 2.24) is 19.7 Å². The highest BCUT2D eigenvalue weighted by molar-refractivity contribution is 5.97. The molecule has 0 spiro atoms. The molecular weight excluding hydrogens is 294 g/mol. The van der Waals surface area contributed by atoms with E-state index in [1.807, 2.05) is 31.5 Å². The average Bonchev–Trinajstić information content (AvgIpc) is 2.95. The van der Waals surface area contributed by atoms with Gasteiger partial charge in [0.25, 0.3) is 0 Å². The molecule has 0 unspecified atom stereocenters. The first-order chi connectivity index (χ1) is 11.0. The van der Waals surface area contributed by atoms with E-state index in [4.69, 9.17) is 0 Å². The fourth-order valence-electron chi connectivity index (χ4n) is 2.23. The molecule has 0 aliphatic heterocycles. The summed E-state index contributed by atoms with van der Waals surface area (Å²) in [5.74, 6) is -0.547. The third-order valence-electron chi connectivity index (χ3n) is 3.41. The van der Waals surface area contributed by atoms with E-state index < -0.39 is 0 Å².